The van der Waals surface area contributed by atoms with Crippen molar-refractivity contribution in [1.29, 1.82) is 0 Å². The number of esters is 2. The molecule has 0 fully saturated rings. The number of carbonyl (C=O) groups is 2. The molecule has 0 saturated heterocycles. The van der Waals surface area contributed by atoms with Crippen LogP contribution >= 0.6 is 7.82 Å². The first kappa shape index (κ1) is 53.8. The maximum atomic E-state index is 12.5. The Kier molecular flexibility index (Phi) is 41.8. The van der Waals surface area contributed by atoms with Gasteiger partial charge in [0.25, 0.3) is 7.82 Å². The molecule has 52 heavy (non-hydrogen) atoms. The summed E-state index contributed by atoms with van der Waals surface area (Å²) in [6, 6.07) is 0. The number of carbonyl (C=O) groups excluding carboxylic acids is 2. The van der Waals surface area contributed by atoms with Crippen molar-refractivity contribution < 1.29 is 77.3 Å². The Balaban J connectivity index is 0. The second kappa shape index (κ2) is 40.4. The number of phosphoric acid groups is 1. The van der Waals surface area contributed by atoms with E-state index in [-0.39, 0.29) is 49.0 Å². The van der Waals surface area contributed by atoms with Crippen molar-refractivity contribution >= 4 is 19.8 Å². The maximum Gasteiger partial charge on any atom is 1.00 e. The smallest absolute Gasteiger partial charge is 0.756 e. The van der Waals surface area contributed by atoms with Gasteiger partial charge in [-0.3, -0.25) is 14.2 Å². The molecule has 0 aliphatic carbocycles. The molecule has 0 aromatic carbocycles. The predicted molar refractivity (Wildman–Crippen MR) is 203 cm³/mol. The van der Waals surface area contributed by atoms with Crippen molar-refractivity contribution in [3.8, 4) is 0 Å². The summed E-state index contributed by atoms with van der Waals surface area (Å²) in [6.45, 7) is 2.19. The zero-order chi connectivity index (χ0) is 37.7. The molecule has 0 amide bonds. The second-order valence-electron chi connectivity index (χ2n) is 14.0. The molecule has 0 aliphatic heterocycles. The number of aliphatic hydroxyl groups excluding tert-OH is 2. The molecule has 3 atom stereocenters. The first-order valence-electron chi connectivity index (χ1n) is 20.6. The van der Waals surface area contributed by atoms with Crippen LogP contribution in [0.2, 0.25) is 0 Å². The van der Waals surface area contributed by atoms with E-state index in [1.54, 1.807) is 0 Å². The van der Waals surface area contributed by atoms with Crippen molar-refractivity contribution in [3.63, 3.8) is 0 Å². The Bertz CT molecular complexity index is 875. The average molecular weight is 771 g/mol. The predicted octanol–water partition coefficient (Wildman–Crippen LogP) is 6.82. The van der Waals surface area contributed by atoms with E-state index in [1.165, 1.54) is 103 Å². The summed E-state index contributed by atoms with van der Waals surface area (Å²) in [4.78, 5) is 37.0. The third-order valence-corrected chi connectivity index (χ3v) is 9.84. The van der Waals surface area contributed by atoms with Crippen LogP contribution in [0, 0.1) is 0 Å². The van der Waals surface area contributed by atoms with Crippen LogP contribution < -0.4 is 34.5 Å². The fraction of sp³-hybridized carbons (Fsp3) is 0.900. The van der Waals surface area contributed by atoms with Gasteiger partial charge in [0.1, 0.15) is 12.7 Å². The van der Waals surface area contributed by atoms with Crippen molar-refractivity contribution in [2.45, 2.75) is 206 Å². The van der Waals surface area contributed by atoms with Crippen LogP contribution in [-0.2, 0) is 32.7 Å². The molecule has 0 bridgehead atoms. The molecular formula is C40H76NaO10P. The van der Waals surface area contributed by atoms with Crippen molar-refractivity contribution in [1.82, 2.24) is 0 Å². The van der Waals surface area contributed by atoms with Crippen molar-refractivity contribution in [2.75, 3.05) is 26.4 Å². The van der Waals surface area contributed by atoms with Gasteiger partial charge >= 0.3 is 41.5 Å². The Hall–Kier alpha value is -0.290. The molecular weight excluding hydrogens is 694 g/mol. The monoisotopic (exact) mass is 771 g/mol. The second-order valence-corrected chi connectivity index (χ2v) is 15.4. The van der Waals surface area contributed by atoms with Gasteiger partial charge in [-0.1, -0.05) is 154 Å². The van der Waals surface area contributed by atoms with E-state index in [0.29, 0.717) is 12.8 Å². The van der Waals surface area contributed by atoms with E-state index in [1.807, 2.05) is 0 Å². The van der Waals surface area contributed by atoms with Gasteiger partial charge in [0.05, 0.1) is 19.8 Å². The zero-order valence-electron chi connectivity index (χ0n) is 33.5. The van der Waals surface area contributed by atoms with E-state index in [2.05, 4.69) is 30.5 Å². The van der Waals surface area contributed by atoms with Crippen molar-refractivity contribution in [3.05, 3.63) is 12.2 Å². The van der Waals surface area contributed by atoms with Crippen LogP contribution in [-0.4, -0.2) is 60.8 Å². The molecule has 0 spiro atoms. The molecule has 2 unspecified atom stereocenters. The number of hydrogen-bond acceptors (Lipinski definition) is 10. The Morgan fingerprint density at radius 1 is 0.596 bits per heavy atom. The van der Waals surface area contributed by atoms with Gasteiger partial charge in [-0.2, -0.15) is 0 Å². The normalized spacial score (nSPS) is 13.8. The van der Waals surface area contributed by atoms with Crippen LogP contribution in [0.5, 0.6) is 0 Å². The Labute approximate surface area is 339 Å². The molecule has 302 valence electrons. The van der Waals surface area contributed by atoms with Gasteiger partial charge < -0.3 is 33.6 Å². The number of aliphatic hydroxyl groups is 2. The summed E-state index contributed by atoms with van der Waals surface area (Å²) in [5.41, 5.74) is 0. The summed E-state index contributed by atoms with van der Waals surface area (Å²) in [5.74, 6) is -0.963. The van der Waals surface area contributed by atoms with Gasteiger partial charge in [0.2, 0.25) is 0 Å². The van der Waals surface area contributed by atoms with E-state index in [9.17, 15) is 24.2 Å². The van der Waals surface area contributed by atoms with Crippen LogP contribution in [0.25, 0.3) is 0 Å². The van der Waals surface area contributed by atoms with E-state index >= 15 is 0 Å². The van der Waals surface area contributed by atoms with Crippen LogP contribution in [0.4, 0.5) is 0 Å². The number of allylic oxidation sites excluding steroid dienone is 2. The largest absolute Gasteiger partial charge is 1.00 e. The SMILES string of the molecule is CCCCCCCC/C=C\CCCCCCCC(=O)OC[C@H](COP(=O)([O-])OCC(O)CO)OC(=O)CCCCCCCCCCCCCCC.[Na+]. The first-order valence-corrected chi connectivity index (χ1v) is 22.1. The minimum Gasteiger partial charge on any atom is -0.756 e. The van der Waals surface area contributed by atoms with Gasteiger partial charge in [0.15, 0.2) is 6.10 Å². The number of unbranched alkanes of at least 4 members (excludes halogenated alkanes) is 23. The van der Waals surface area contributed by atoms with Crippen molar-refractivity contribution in [2.24, 2.45) is 0 Å². The summed E-state index contributed by atoms with van der Waals surface area (Å²) >= 11 is 0. The first-order chi connectivity index (χ1) is 24.7. The number of rotatable bonds is 39. The van der Waals surface area contributed by atoms with E-state index in [4.69, 9.17) is 19.1 Å². The summed E-state index contributed by atoms with van der Waals surface area (Å²) in [6.07, 6.45) is 32.9. The zero-order valence-corrected chi connectivity index (χ0v) is 36.4. The Morgan fingerprint density at radius 3 is 1.42 bits per heavy atom. The molecule has 0 heterocycles. The third kappa shape index (κ3) is 39.4. The van der Waals surface area contributed by atoms with Gasteiger partial charge in [-0.25, -0.2) is 0 Å². The standard InChI is InChI=1S/C40H77O10P.Na/c1-3-5-7-9-11-13-15-17-18-20-21-23-25-27-29-31-39(43)47-35-38(36-49-51(45,46)48-34-37(42)33-41)50-40(44)32-30-28-26-24-22-19-16-14-12-10-8-6-4-2;/h17-18,37-38,41-42H,3-16,19-36H2,1-2H3,(H,45,46);/q;+1/p-1/b18-17-;/t37?,38-;/m1./s1. The quantitative estimate of drug-likeness (QED) is 0.0224. The minimum absolute atomic E-state index is 0. The van der Waals surface area contributed by atoms with Crippen LogP contribution in [0.3, 0.4) is 0 Å². The molecule has 2 N–H and O–H groups in total. The molecule has 0 aromatic heterocycles. The van der Waals surface area contributed by atoms with Gasteiger partial charge in [0, 0.05) is 12.8 Å². The minimum atomic E-state index is -4.86. The van der Waals surface area contributed by atoms with Gasteiger partial charge in [-0.15, -0.1) is 0 Å². The number of phosphoric ester groups is 1. The fourth-order valence-electron chi connectivity index (χ4n) is 5.69. The third-order valence-electron chi connectivity index (χ3n) is 8.91. The number of ether oxygens (including phenoxy) is 2. The van der Waals surface area contributed by atoms with Crippen LogP contribution in [0.15, 0.2) is 12.2 Å². The molecule has 12 heteroatoms. The molecule has 0 aromatic rings. The summed E-state index contributed by atoms with van der Waals surface area (Å²) < 4.78 is 32.3. The van der Waals surface area contributed by atoms with E-state index in [0.717, 1.165) is 51.4 Å². The van der Waals surface area contributed by atoms with Crippen LogP contribution in [0.1, 0.15) is 194 Å². The molecule has 0 aliphatic rings. The average Bonchev–Trinajstić information content (AvgIpc) is 3.12. The van der Waals surface area contributed by atoms with E-state index < -0.39 is 51.8 Å². The summed E-state index contributed by atoms with van der Waals surface area (Å²) in [7, 11) is -4.86. The molecule has 10 nitrogen and oxygen atoms in total. The van der Waals surface area contributed by atoms with Gasteiger partial charge in [-0.05, 0) is 38.5 Å². The maximum absolute atomic E-state index is 12.5. The molecule has 0 radical (unpaired) electrons. The number of hydrogen-bond donors (Lipinski definition) is 2. The summed E-state index contributed by atoms with van der Waals surface area (Å²) in [5, 5.41) is 18.2. The Morgan fingerprint density at radius 2 is 0.981 bits per heavy atom. The fourth-order valence-corrected chi connectivity index (χ4v) is 6.47. The molecule has 0 saturated carbocycles. The molecule has 0 rings (SSSR count). The topological polar surface area (TPSA) is 152 Å².